The van der Waals surface area contributed by atoms with Gasteiger partial charge in [0.2, 0.25) is 0 Å². The summed E-state index contributed by atoms with van der Waals surface area (Å²) in [5, 5.41) is 0. The molecule has 0 aromatic rings. The van der Waals surface area contributed by atoms with Gasteiger partial charge in [-0.3, -0.25) is 0 Å². The minimum atomic E-state index is -1.35. The minimum Gasteiger partial charge on any atom is -0.455 e. The Bertz CT molecular complexity index is 149. The third kappa shape index (κ3) is 9.61. The molecule has 0 atom stereocenters. The van der Waals surface area contributed by atoms with Crippen molar-refractivity contribution in [2.45, 2.75) is 85.2 Å². The molecular weight excluding hydrogens is 228 g/mol. The molecule has 1 nitrogen and oxygen atoms in total. The molecule has 0 saturated heterocycles. The van der Waals surface area contributed by atoms with E-state index in [9.17, 15) is 0 Å². The van der Waals surface area contributed by atoms with Crippen molar-refractivity contribution in [3.05, 3.63) is 0 Å². The van der Waals surface area contributed by atoms with Gasteiger partial charge in [0.15, 0.2) is 16.6 Å². The highest BCUT2D eigenvalue weighted by Gasteiger charge is 2.31. The highest BCUT2D eigenvalue weighted by molar-refractivity contribution is 6.84. The Morgan fingerprint density at radius 1 is 0.750 bits per heavy atom. The molecule has 0 bridgehead atoms. The fraction of sp³-hybridized carbons (Fsp3) is 1.00. The van der Waals surface area contributed by atoms with Crippen LogP contribution in [0.4, 0.5) is 0 Å². The van der Waals surface area contributed by atoms with Crippen LogP contribution in [0.25, 0.3) is 0 Å². The molecule has 0 aliphatic carbocycles. The van der Waals surface area contributed by atoms with Gasteiger partial charge >= 0.3 is 0 Å². The largest absolute Gasteiger partial charge is 0.455 e. The zero-order valence-corrected chi connectivity index (χ0v) is 13.7. The van der Waals surface area contributed by atoms with Gasteiger partial charge in [0.25, 0.3) is 0 Å². The first kappa shape index (κ1) is 18.8. The Balaban J connectivity index is 0. The first-order valence-electron chi connectivity index (χ1n) is 6.53. The van der Waals surface area contributed by atoms with Gasteiger partial charge in [-0.05, 0) is 38.3 Å². The quantitative estimate of drug-likeness (QED) is 0.514. The van der Waals surface area contributed by atoms with Crippen molar-refractivity contribution < 1.29 is 4.12 Å². The summed E-state index contributed by atoms with van der Waals surface area (Å²) in [6, 6.07) is 2.68. The molecule has 0 saturated carbocycles. The van der Waals surface area contributed by atoms with Crippen LogP contribution in [0.5, 0.6) is 0 Å². The molecule has 16 heavy (non-hydrogen) atoms. The molecule has 0 aliphatic heterocycles. The van der Waals surface area contributed by atoms with Crippen molar-refractivity contribution in [3.63, 3.8) is 0 Å². The molecule has 0 N–H and O–H groups in total. The summed E-state index contributed by atoms with van der Waals surface area (Å²) >= 11 is 0. The van der Waals surface area contributed by atoms with Crippen molar-refractivity contribution >= 4 is 16.6 Å². The van der Waals surface area contributed by atoms with Crippen LogP contribution in [-0.2, 0) is 4.12 Å². The first-order chi connectivity index (χ1) is 6.83. The Morgan fingerprint density at radius 2 is 1.06 bits per heavy atom. The van der Waals surface area contributed by atoms with Crippen molar-refractivity contribution in [1.29, 1.82) is 0 Å². The van der Waals surface area contributed by atoms with Crippen molar-refractivity contribution in [3.8, 4) is 0 Å². The van der Waals surface area contributed by atoms with Crippen LogP contribution < -0.4 is 0 Å². The average molecular weight is 263 g/mol. The Kier molecular flexibility index (Phi) is 9.94. The van der Waals surface area contributed by atoms with E-state index >= 15 is 0 Å². The predicted octanol–water partition coefficient (Wildman–Crippen LogP) is 5.65. The molecule has 3 heteroatoms. The topological polar surface area (TPSA) is 9.23 Å². The van der Waals surface area contributed by atoms with Gasteiger partial charge in [0, 0.05) is 0 Å². The van der Waals surface area contributed by atoms with Crippen LogP contribution in [0, 0.1) is 0 Å². The van der Waals surface area contributed by atoms with Gasteiger partial charge in [0.1, 0.15) is 0 Å². The summed E-state index contributed by atoms with van der Waals surface area (Å²) in [6.07, 6.45) is 5.29. The summed E-state index contributed by atoms with van der Waals surface area (Å²) in [7, 11) is -2.70. The number of hydrogen-bond acceptors (Lipinski definition) is 1. The van der Waals surface area contributed by atoms with Gasteiger partial charge in [-0.25, -0.2) is 0 Å². The molecule has 0 aliphatic rings. The second-order valence-electron chi connectivity index (χ2n) is 5.83. The second kappa shape index (κ2) is 8.48. The van der Waals surface area contributed by atoms with E-state index in [1.807, 2.05) is 0 Å². The second-order valence-corrected chi connectivity index (χ2v) is 14.7. The van der Waals surface area contributed by atoms with Crippen LogP contribution in [0.1, 0.15) is 47.0 Å². The third-order valence-electron chi connectivity index (χ3n) is 2.82. The van der Waals surface area contributed by atoms with Gasteiger partial charge in [-0.1, -0.05) is 47.0 Å². The molecule has 0 rings (SSSR count). The third-order valence-corrected chi connectivity index (χ3v) is 10.4. The monoisotopic (exact) mass is 262 g/mol. The van der Waals surface area contributed by atoms with Crippen molar-refractivity contribution in [1.82, 2.24) is 0 Å². The lowest BCUT2D eigenvalue weighted by Crippen LogP contribution is -2.44. The van der Waals surface area contributed by atoms with Crippen molar-refractivity contribution in [2.75, 3.05) is 0 Å². The molecule has 0 amide bonds. The summed E-state index contributed by atoms with van der Waals surface area (Å²) in [5.74, 6) is 0. The fourth-order valence-corrected chi connectivity index (χ4v) is 11.3. The lowest BCUT2D eigenvalue weighted by molar-refractivity contribution is 0.529. The summed E-state index contributed by atoms with van der Waals surface area (Å²) < 4.78 is 6.51. The SMILES string of the molecule is C.CCCC[Si](C)(C)O[Si](C)(C)CCCC. The first-order valence-corrected chi connectivity index (χ1v) is 12.8. The van der Waals surface area contributed by atoms with Crippen LogP contribution in [0.3, 0.4) is 0 Å². The van der Waals surface area contributed by atoms with Gasteiger partial charge in [0.05, 0.1) is 0 Å². The molecule has 100 valence electrons. The standard InChI is InChI=1S/C12H30OSi2.CH4/c1-7-9-11-14(3,4)13-15(5,6)12-10-8-2;/h7-12H2,1-6H3;1H4. The molecule has 0 aromatic heterocycles. The molecule has 0 spiro atoms. The predicted molar refractivity (Wildman–Crippen MR) is 82.2 cm³/mol. The lowest BCUT2D eigenvalue weighted by atomic mass is 10.4. The van der Waals surface area contributed by atoms with E-state index in [1.54, 1.807) is 0 Å². The van der Waals surface area contributed by atoms with E-state index in [-0.39, 0.29) is 7.43 Å². The highest BCUT2D eigenvalue weighted by atomic mass is 28.4. The maximum absolute atomic E-state index is 6.51. The van der Waals surface area contributed by atoms with E-state index in [1.165, 1.54) is 37.8 Å². The molecular formula is C13H34OSi2. The Morgan fingerprint density at radius 3 is 1.31 bits per heavy atom. The van der Waals surface area contributed by atoms with Gasteiger partial charge < -0.3 is 4.12 Å². The molecule has 0 heterocycles. The number of hydrogen-bond donors (Lipinski definition) is 0. The summed E-state index contributed by atoms with van der Waals surface area (Å²) in [6.45, 7) is 14.1. The fourth-order valence-electron chi connectivity index (χ4n) is 2.06. The maximum atomic E-state index is 6.51. The Labute approximate surface area is 106 Å². The van der Waals surface area contributed by atoms with Gasteiger partial charge in [-0.15, -0.1) is 0 Å². The normalized spacial score (nSPS) is 12.4. The smallest absolute Gasteiger partial charge is 0.173 e. The van der Waals surface area contributed by atoms with Gasteiger partial charge in [-0.2, -0.15) is 0 Å². The zero-order chi connectivity index (χ0) is 11.9. The van der Waals surface area contributed by atoms with E-state index < -0.39 is 16.6 Å². The number of unbranched alkanes of at least 4 members (excludes halogenated alkanes) is 2. The van der Waals surface area contributed by atoms with Crippen LogP contribution in [-0.4, -0.2) is 16.6 Å². The average Bonchev–Trinajstić information content (AvgIpc) is 2.10. The van der Waals surface area contributed by atoms with Crippen LogP contribution in [0.2, 0.25) is 38.3 Å². The van der Waals surface area contributed by atoms with E-state index in [0.29, 0.717) is 0 Å². The Hall–Kier alpha value is 0.394. The minimum absolute atomic E-state index is 0. The molecule has 0 fully saturated rings. The van der Waals surface area contributed by atoms with E-state index in [2.05, 4.69) is 40.0 Å². The lowest BCUT2D eigenvalue weighted by Gasteiger charge is -2.34. The zero-order valence-electron chi connectivity index (χ0n) is 11.7. The summed E-state index contributed by atoms with van der Waals surface area (Å²) in [4.78, 5) is 0. The highest BCUT2D eigenvalue weighted by Crippen LogP contribution is 2.24. The summed E-state index contributed by atoms with van der Waals surface area (Å²) in [5.41, 5.74) is 0. The van der Waals surface area contributed by atoms with Crippen LogP contribution >= 0.6 is 0 Å². The van der Waals surface area contributed by atoms with Crippen molar-refractivity contribution in [2.24, 2.45) is 0 Å². The molecule has 0 unspecified atom stereocenters. The van der Waals surface area contributed by atoms with E-state index in [4.69, 9.17) is 4.12 Å². The molecule has 0 radical (unpaired) electrons. The number of rotatable bonds is 8. The maximum Gasteiger partial charge on any atom is 0.173 e. The van der Waals surface area contributed by atoms with E-state index in [0.717, 1.165) is 0 Å². The molecule has 0 aromatic carbocycles. The van der Waals surface area contributed by atoms with Crippen LogP contribution in [0.15, 0.2) is 0 Å².